The molecule has 2 aromatic heterocycles. The Morgan fingerprint density at radius 2 is 1.89 bits per heavy atom. The van der Waals surface area contributed by atoms with E-state index in [1.54, 1.807) is 17.8 Å². The summed E-state index contributed by atoms with van der Waals surface area (Å²) in [5.74, 6) is -2.25. The molecular formula is C13H12FN3O2. The minimum Gasteiger partial charge on any atom is -0.340 e. The number of aromatic nitrogens is 3. The Hall–Kier alpha value is -2.37. The van der Waals surface area contributed by atoms with E-state index in [4.69, 9.17) is 0 Å². The van der Waals surface area contributed by atoms with Crippen molar-refractivity contribution in [3.63, 3.8) is 0 Å². The van der Waals surface area contributed by atoms with Crippen molar-refractivity contribution in [2.24, 2.45) is 13.0 Å². The lowest BCUT2D eigenvalue weighted by atomic mass is 9.97. The van der Waals surface area contributed by atoms with Gasteiger partial charge in [0.1, 0.15) is 17.2 Å². The second-order valence-electron chi connectivity index (χ2n) is 4.24. The Morgan fingerprint density at radius 3 is 2.42 bits per heavy atom. The Morgan fingerprint density at radius 1 is 1.21 bits per heavy atom. The summed E-state index contributed by atoms with van der Waals surface area (Å²) in [6.45, 7) is 1.49. The monoisotopic (exact) mass is 261 g/mol. The molecule has 0 aliphatic rings. The summed E-state index contributed by atoms with van der Waals surface area (Å²) in [5.41, 5.74) is 0.295. The quantitative estimate of drug-likeness (QED) is 0.620. The normalized spacial score (nSPS) is 12.2. The zero-order valence-corrected chi connectivity index (χ0v) is 10.5. The predicted molar refractivity (Wildman–Crippen MR) is 65.2 cm³/mol. The number of nitrogens with zero attached hydrogens (tertiary/aromatic N) is 3. The first-order chi connectivity index (χ1) is 8.99. The van der Waals surface area contributed by atoms with Crippen LogP contribution in [-0.4, -0.2) is 26.1 Å². The largest absolute Gasteiger partial charge is 0.340 e. The number of carbonyl (C=O) groups excluding carboxylic acids is 2. The molecule has 1 unspecified atom stereocenters. The maximum atomic E-state index is 12.7. The molecule has 19 heavy (non-hydrogen) atoms. The second kappa shape index (κ2) is 5.09. The van der Waals surface area contributed by atoms with Crippen LogP contribution in [0.1, 0.15) is 27.9 Å². The third-order valence-electron chi connectivity index (χ3n) is 2.72. The van der Waals surface area contributed by atoms with Gasteiger partial charge in [0.05, 0.1) is 18.4 Å². The zero-order valence-electron chi connectivity index (χ0n) is 10.5. The highest BCUT2D eigenvalue weighted by Crippen LogP contribution is 2.12. The van der Waals surface area contributed by atoms with E-state index in [0.717, 1.165) is 12.3 Å². The first-order valence-corrected chi connectivity index (χ1v) is 5.67. The Bertz CT molecular complexity index is 619. The van der Waals surface area contributed by atoms with Crippen molar-refractivity contribution in [1.29, 1.82) is 0 Å². The number of hydrogen-bond acceptors (Lipinski definition) is 4. The molecule has 0 radical (unpaired) electrons. The third kappa shape index (κ3) is 2.73. The fraction of sp³-hybridized carbons (Fsp3) is 0.231. The van der Waals surface area contributed by atoms with Crippen LogP contribution < -0.4 is 0 Å². The van der Waals surface area contributed by atoms with Crippen molar-refractivity contribution in [2.75, 3.05) is 0 Å². The summed E-state index contributed by atoms with van der Waals surface area (Å²) >= 11 is 0. The van der Waals surface area contributed by atoms with E-state index in [0.29, 0.717) is 0 Å². The van der Waals surface area contributed by atoms with E-state index >= 15 is 0 Å². The SMILES string of the molecule is CC(C(=O)c1ccc(F)cn1)C(=O)c1cn(C)cn1. The van der Waals surface area contributed by atoms with Gasteiger partial charge in [0.2, 0.25) is 0 Å². The second-order valence-corrected chi connectivity index (χ2v) is 4.24. The molecule has 0 N–H and O–H groups in total. The summed E-state index contributed by atoms with van der Waals surface area (Å²) in [7, 11) is 1.73. The third-order valence-corrected chi connectivity index (χ3v) is 2.72. The Balaban J connectivity index is 2.19. The minimum atomic E-state index is -0.895. The van der Waals surface area contributed by atoms with Crippen molar-refractivity contribution < 1.29 is 14.0 Å². The van der Waals surface area contributed by atoms with Crippen LogP contribution in [0.4, 0.5) is 4.39 Å². The van der Waals surface area contributed by atoms with Gasteiger partial charge in [-0.25, -0.2) is 9.37 Å². The van der Waals surface area contributed by atoms with Crippen molar-refractivity contribution in [2.45, 2.75) is 6.92 Å². The van der Waals surface area contributed by atoms with E-state index in [2.05, 4.69) is 9.97 Å². The molecule has 0 amide bonds. The molecule has 0 aliphatic heterocycles. The molecule has 1 atom stereocenters. The molecule has 0 bridgehead atoms. The minimum absolute atomic E-state index is 0.0678. The van der Waals surface area contributed by atoms with Crippen LogP contribution in [0.15, 0.2) is 30.9 Å². The van der Waals surface area contributed by atoms with Gasteiger partial charge in [-0.05, 0) is 19.1 Å². The van der Waals surface area contributed by atoms with Crippen LogP contribution in [-0.2, 0) is 7.05 Å². The molecule has 0 aromatic carbocycles. The molecule has 0 spiro atoms. The average molecular weight is 261 g/mol. The first kappa shape index (κ1) is 13.1. The molecule has 98 valence electrons. The summed E-state index contributed by atoms with van der Waals surface area (Å²) in [4.78, 5) is 31.7. The Labute approximate surface area is 109 Å². The van der Waals surface area contributed by atoms with Crippen molar-refractivity contribution in [3.05, 3.63) is 48.1 Å². The number of carbonyl (C=O) groups is 2. The molecule has 5 nitrogen and oxygen atoms in total. The smallest absolute Gasteiger partial charge is 0.193 e. The molecular weight excluding hydrogens is 249 g/mol. The lowest BCUT2D eigenvalue weighted by molar-refractivity contribution is 0.0815. The van der Waals surface area contributed by atoms with E-state index in [1.807, 2.05) is 0 Å². The van der Waals surface area contributed by atoms with Gasteiger partial charge >= 0.3 is 0 Å². The van der Waals surface area contributed by atoms with Crippen LogP contribution in [0.3, 0.4) is 0 Å². The number of ketones is 2. The fourth-order valence-corrected chi connectivity index (χ4v) is 1.62. The van der Waals surface area contributed by atoms with Gasteiger partial charge in [0.15, 0.2) is 11.6 Å². The highest BCUT2D eigenvalue weighted by Gasteiger charge is 2.26. The first-order valence-electron chi connectivity index (χ1n) is 5.67. The van der Waals surface area contributed by atoms with Crippen LogP contribution in [0.25, 0.3) is 0 Å². The number of imidazole rings is 1. The summed E-state index contributed by atoms with van der Waals surface area (Å²) in [5, 5.41) is 0. The van der Waals surface area contributed by atoms with E-state index in [-0.39, 0.29) is 17.2 Å². The van der Waals surface area contributed by atoms with Gasteiger partial charge < -0.3 is 4.57 Å². The van der Waals surface area contributed by atoms with E-state index < -0.39 is 17.5 Å². The van der Waals surface area contributed by atoms with Crippen LogP contribution in [0, 0.1) is 11.7 Å². The fourth-order valence-electron chi connectivity index (χ4n) is 1.62. The number of halogens is 1. The van der Waals surface area contributed by atoms with E-state index in [1.165, 1.54) is 19.3 Å². The summed E-state index contributed by atoms with van der Waals surface area (Å²) in [6.07, 6.45) is 3.98. The summed E-state index contributed by atoms with van der Waals surface area (Å²) < 4.78 is 14.3. The molecule has 2 aromatic rings. The van der Waals surface area contributed by atoms with Gasteiger partial charge in [-0.2, -0.15) is 0 Å². The van der Waals surface area contributed by atoms with Crippen LogP contribution >= 0.6 is 0 Å². The molecule has 0 saturated heterocycles. The van der Waals surface area contributed by atoms with E-state index in [9.17, 15) is 14.0 Å². The van der Waals surface area contributed by atoms with Gasteiger partial charge in [0, 0.05) is 13.2 Å². The van der Waals surface area contributed by atoms with Crippen LogP contribution in [0.2, 0.25) is 0 Å². The molecule has 2 rings (SSSR count). The topological polar surface area (TPSA) is 64.8 Å². The molecule has 2 heterocycles. The van der Waals surface area contributed by atoms with Gasteiger partial charge in [-0.15, -0.1) is 0 Å². The van der Waals surface area contributed by atoms with Crippen LogP contribution in [0.5, 0.6) is 0 Å². The predicted octanol–water partition coefficient (Wildman–Crippen LogP) is 1.66. The van der Waals surface area contributed by atoms with Crippen molar-refractivity contribution in [1.82, 2.24) is 14.5 Å². The molecule has 0 saturated carbocycles. The number of rotatable bonds is 4. The van der Waals surface area contributed by atoms with Gasteiger partial charge in [0.25, 0.3) is 0 Å². The number of Topliss-reactive ketones (excluding diaryl/α,β-unsaturated/α-hetero) is 2. The molecule has 0 fully saturated rings. The zero-order chi connectivity index (χ0) is 14.0. The van der Waals surface area contributed by atoms with Gasteiger partial charge in [-0.3, -0.25) is 14.6 Å². The number of pyridine rings is 1. The average Bonchev–Trinajstić information content (AvgIpc) is 2.84. The Kier molecular flexibility index (Phi) is 3.50. The number of aryl methyl sites for hydroxylation is 1. The number of hydrogen-bond donors (Lipinski definition) is 0. The molecule has 6 heteroatoms. The van der Waals surface area contributed by atoms with Crippen molar-refractivity contribution in [3.8, 4) is 0 Å². The lowest BCUT2D eigenvalue weighted by Gasteiger charge is -2.06. The highest BCUT2D eigenvalue weighted by atomic mass is 19.1. The molecule has 0 aliphatic carbocycles. The van der Waals surface area contributed by atoms with Crippen molar-refractivity contribution >= 4 is 11.6 Å². The standard InChI is InChI=1S/C13H12FN3O2/c1-8(13(19)11-6-17(2)7-16-11)12(18)10-4-3-9(14)5-15-10/h3-8H,1-2H3. The maximum Gasteiger partial charge on any atom is 0.193 e. The summed E-state index contributed by atoms with van der Waals surface area (Å²) in [6, 6.07) is 2.40. The maximum absolute atomic E-state index is 12.7. The highest BCUT2D eigenvalue weighted by molar-refractivity contribution is 6.14. The van der Waals surface area contributed by atoms with Gasteiger partial charge in [-0.1, -0.05) is 0 Å². The lowest BCUT2D eigenvalue weighted by Crippen LogP contribution is -2.22.